The van der Waals surface area contributed by atoms with Crippen LogP contribution < -0.4 is 0 Å². The van der Waals surface area contributed by atoms with Gasteiger partial charge in [-0.3, -0.25) is 4.99 Å². The number of pyridine rings is 2. The largest absolute Gasteiger partial charge is 0.288 e. The predicted molar refractivity (Wildman–Crippen MR) is 86.2 cm³/mol. The molecule has 0 aliphatic carbocycles. The van der Waals surface area contributed by atoms with E-state index in [0.717, 1.165) is 28.8 Å². The molecule has 4 rings (SSSR count). The maximum Gasteiger partial charge on any atom is 0.159 e. The number of aliphatic imine (C=N–C) groups is 1. The lowest BCUT2D eigenvalue weighted by atomic mass is 10.1. The molecule has 0 unspecified atom stereocenters. The van der Waals surface area contributed by atoms with Crippen LogP contribution in [0.25, 0.3) is 23.2 Å². The Hall–Kier alpha value is -2.81. The van der Waals surface area contributed by atoms with Crippen molar-refractivity contribution in [3.63, 3.8) is 0 Å². The summed E-state index contributed by atoms with van der Waals surface area (Å²) in [5, 5.41) is 1.06. The van der Waals surface area contributed by atoms with Crippen LogP contribution in [0.5, 0.6) is 0 Å². The van der Waals surface area contributed by atoms with Gasteiger partial charge in [-0.05, 0) is 53.1 Å². The van der Waals surface area contributed by atoms with Crippen LogP contribution in [0.1, 0.15) is 22.4 Å². The van der Waals surface area contributed by atoms with Crippen molar-refractivity contribution in [2.75, 3.05) is 0 Å². The van der Waals surface area contributed by atoms with Crippen molar-refractivity contribution in [3.05, 3.63) is 71.0 Å². The standard InChI is InChI=1S/C18H13N3/c1-2-14-6-8-17(21-18(14)20-9-1)7-4-13-3-5-15-11-19-12-16(15)10-13/h1-10,12H,11H2/b7-4+. The first-order chi connectivity index (χ1) is 10.4. The van der Waals surface area contributed by atoms with Crippen molar-refractivity contribution in [1.29, 1.82) is 0 Å². The van der Waals surface area contributed by atoms with Crippen molar-refractivity contribution < 1.29 is 0 Å². The van der Waals surface area contributed by atoms with Crippen molar-refractivity contribution in [2.24, 2.45) is 4.99 Å². The Morgan fingerprint density at radius 2 is 2.00 bits per heavy atom. The number of fused-ring (bicyclic) bond motifs is 2. The van der Waals surface area contributed by atoms with E-state index in [4.69, 9.17) is 0 Å². The van der Waals surface area contributed by atoms with Gasteiger partial charge in [0.15, 0.2) is 5.65 Å². The minimum absolute atomic E-state index is 0.778. The maximum absolute atomic E-state index is 4.54. The summed E-state index contributed by atoms with van der Waals surface area (Å²) in [7, 11) is 0. The normalized spacial score (nSPS) is 13.1. The lowest BCUT2D eigenvalue weighted by molar-refractivity contribution is 1.11. The quantitative estimate of drug-likeness (QED) is 0.712. The third-order valence-corrected chi connectivity index (χ3v) is 3.59. The van der Waals surface area contributed by atoms with Crippen LogP contribution in [-0.4, -0.2) is 16.2 Å². The Morgan fingerprint density at radius 3 is 3.00 bits per heavy atom. The molecule has 0 radical (unpaired) electrons. The Bertz CT molecular complexity index is 879. The number of benzene rings is 1. The van der Waals surface area contributed by atoms with Gasteiger partial charge in [0.25, 0.3) is 0 Å². The van der Waals surface area contributed by atoms with Gasteiger partial charge < -0.3 is 0 Å². The van der Waals surface area contributed by atoms with E-state index in [-0.39, 0.29) is 0 Å². The molecule has 0 atom stereocenters. The van der Waals surface area contributed by atoms with Gasteiger partial charge in [-0.15, -0.1) is 0 Å². The Balaban J connectivity index is 1.65. The fourth-order valence-corrected chi connectivity index (χ4v) is 2.47. The lowest BCUT2D eigenvalue weighted by Gasteiger charge is -2.00. The van der Waals surface area contributed by atoms with E-state index in [1.54, 1.807) is 6.20 Å². The van der Waals surface area contributed by atoms with Gasteiger partial charge in [0.05, 0.1) is 12.2 Å². The topological polar surface area (TPSA) is 38.1 Å². The summed E-state index contributed by atoms with van der Waals surface area (Å²) >= 11 is 0. The SMILES string of the molecule is C1=NCc2ccc(/C=C/c3ccc4cccnc4n3)cc21. The molecule has 3 aromatic rings. The van der Waals surface area contributed by atoms with Gasteiger partial charge >= 0.3 is 0 Å². The lowest BCUT2D eigenvalue weighted by Crippen LogP contribution is -1.86. The third-order valence-electron chi connectivity index (χ3n) is 3.59. The van der Waals surface area contributed by atoms with E-state index in [2.05, 4.69) is 39.2 Å². The second-order valence-corrected chi connectivity index (χ2v) is 5.05. The van der Waals surface area contributed by atoms with Gasteiger partial charge in [0.1, 0.15) is 0 Å². The third kappa shape index (κ3) is 2.34. The molecule has 3 heteroatoms. The Kier molecular flexibility index (Phi) is 2.82. The average molecular weight is 271 g/mol. The number of rotatable bonds is 2. The maximum atomic E-state index is 4.54. The highest BCUT2D eigenvalue weighted by Crippen LogP contribution is 2.18. The molecule has 3 nitrogen and oxygen atoms in total. The van der Waals surface area contributed by atoms with Crippen molar-refractivity contribution >= 4 is 29.4 Å². The molecule has 0 spiro atoms. The molecule has 0 N–H and O–H groups in total. The highest BCUT2D eigenvalue weighted by Gasteiger charge is 2.05. The van der Waals surface area contributed by atoms with Gasteiger partial charge in [0, 0.05) is 17.8 Å². The van der Waals surface area contributed by atoms with Crippen LogP contribution in [0.15, 0.2) is 53.7 Å². The summed E-state index contributed by atoms with van der Waals surface area (Å²) in [4.78, 5) is 13.1. The monoisotopic (exact) mass is 271 g/mol. The molecule has 1 aliphatic heterocycles. The summed E-state index contributed by atoms with van der Waals surface area (Å²) in [5.41, 5.74) is 5.35. The van der Waals surface area contributed by atoms with Crippen LogP contribution in [-0.2, 0) is 6.54 Å². The van der Waals surface area contributed by atoms with Crippen LogP contribution in [0.4, 0.5) is 0 Å². The summed E-state index contributed by atoms with van der Waals surface area (Å²) in [6.45, 7) is 0.803. The highest BCUT2D eigenvalue weighted by atomic mass is 14.8. The van der Waals surface area contributed by atoms with Gasteiger partial charge in [0.2, 0.25) is 0 Å². The number of nitrogens with zero attached hydrogens (tertiary/aromatic N) is 3. The Morgan fingerprint density at radius 1 is 1.00 bits per heavy atom. The van der Waals surface area contributed by atoms with E-state index < -0.39 is 0 Å². The molecule has 0 amide bonds. The average Bonchev–Trinajstić information content (AvgIpc) is 3.00. The van der Waals surface area contributed by atoms with E-state index in [0.29, 0.717) is 0 Å². The second kappa shape index (κ2) is 4.94. The smallest absolute Gasteiger partial charge is 0.159 e. The molecule has 100 valence electrons. The van der Waals surface area contributed by atoms with E-state index >= 15 is 0 Å². The highest BCUT2D eigenvalue weighted by molar-refractivity contribution is 5.86. The molecule has 0 saturated carbocycles. The summed E-state index contributed by atoms with van der Waals surface area (Å²) in [6, 6.07) is 14.4. The zero-order chi connectivity index (χ0) is 14.1. The molecule has 1 aliphatic rings. The van der Waals surface area contributed by atoms with E-state index in [9.17, 15) is 0 Å². The number of hydrogen-bond acceptors (Lipinski definition) is 3. The van der Waals surface area contributed by atoms with Gasteiger partial charge in [-0.1, -0.05) is 18.2 Å². The van der Waals surface area contributed by atoms with Gasteiger partial charge in [-0.25, -0.2) is 9.97 Å². The van der Waals surface area contributed by atoms with E-state index in [1.165, 1.54) is 11.1 Å². The molecule has 0 bridgehead atoms. The molecule has 21 heavy (non-hydrogen) atoms. The first-order valence-electron chi connectivity index (χ1n) is 6.91. The first-order valence-corrected chi connectivity index (χ1v) is 6.91. The summed E-state index contributed by atoms with van der Waals surface area (Å²) in [6.07, 6.45) is 7.79. The summed E-state index contributed by atoms with van der Waals surface area (Å²) in [5.74, 6) is 0. The van der Waals surface area contributed by atoms with Crippen molar-refractivity contribution in [1.82, 2.24) is 9.97 Å². The van der Waals surface area contributed by atoms with Crippen LogP contribution in [0.3, 0.4) is 0 Å². The fraction of sp³-hybridized carbons (Fsp3) is 0.0556. The molecule has 2 aromatic heterocycles. The molecule has 0 fully saturated rings. The minimum atomic E-state index is 0.778. The van der Waals surface area contributed by atoms with Crippen LogP contribution in [0.2, 0.25) is 0 Å². The molecule has 1 aromatic carbocycles. The zero-order valence-corrected chi connectivity index (χ0v) is 11.4. The number of hydrogen-bond donors (Lipinski definition) is 0. The van der Waals surface area contributed by atoms with E-state index in [1.807, 2.05) is 36.6 Å². The van der Waals surface area contributed by atoms with Crippen molar-refractivity contribution in [3.8, 4) is 0 Å². The Labute approximate surface area is 122 Å². The molecular formula is C18H13N3. The summed E-state index contributed by atoms with van der Waals surface area (Å²) < 4.78 is 0. The molecule has 3 heterocycles. The zero-order valence-electron chi connectivity index (χ0n) is 11.4. The second-order valence-electron chi connectivity index (χ2n) is 5.05. The van der Waals surface area contributed by atoms with Crippen LogP contribution in [0, 0.1) is 0 Å². The predicted octanol–water partition coefficient (Wildman–Crippen LogP) is 3.73. The van der Waals surface area contributed by atoms with Crippen molar-refractivity contribution in [2.45, 2.75) is 6.54 Å². The van der Waals surface area contributed by atoms with Crippen LogP contribution >= 0.6 is 0 Å². The molecule has 0 saturated heterocycles. The number of aromatic nitrogens is 2. The molecular weight excluding hydrogens is 258 g/mol. The van der Waals surface area contributed by atoms with Gasteiger partial charge in [-0.2, -0.15) is 0 Å². The minimum Gasteiger partial charge on any atom is -0.288 e. The first kappa shape index (κ1) is 12.0. The fourth-order valence-electron chi connectivity index (χ4n) is 2.47.